The predicted molar refractivity (Wildman–Crippen MR) is 150 cm³/mol. The van der Waals surface area contributed by atoms with Crippen LogP contribution < -0.4 is 0 Å². The molecule has 0 spiro atoms. The van der Waals surface area contributed by atoms with E-state index in [-0.39, 0.29) is 5.91 Å². The molecular weight excluding hydrogens is 456 g/mol. The number of hydrogen-bond donors (Lipinski definition) is 0. The zero-order chi connectivity index (χ0) is 26.1. The number of pyridine rings is 1. The maximum Gasteiger partial charge on any atom is 0.222 e. The van der Waals surface area contributed by atoms with E-state index in [0.717, 1.165) is 66.9 Å². The summed E-state index contributed by atoms with van der Waals surface area (Å²) >= 11 is 0. The number of piperidine rings is 1. The number of aromatic nitrogens is 3. The number of carbonyl (C=O) groups excluding carboxylic acids is 1. The molecule has 3 heterocycles. The first-order valence-electron chi connectivity index (χ1n) is 13.6. The van der Waals surface area contributed by atoms with Crippen molar-refractivity contribution in [3.05, 3.63) is 87.7 Å². The van der Waals surface area contributed by atoms with Crippen LogP contribution in [0.1, 0.15) is 58.5 Å². The Labute approximate surface area is 220 Å². The van der Waals surface area contributed by atoms with Crippen molar-refractivity contribution in [1.82, 2.24) is 19.7 Å². The second kappa shape index (κ2) is 10.5. The largest absolute Gasteiger partial charge is 0.343 e. The van der Waals surface area contributed by atoms with E-state index in [0.29, 0.717) is 12.3 Å². The van der Waals surface area contributed by atoms with Crippen LogP contribution in [0.2, 0.25) is 0 Å². The SMILES string of the molecule is Cc1ccc(-n2nc(C)c3c(C)c(CCC(=O)N4CCC(Cc5ccccc5)CC4)c(C)nc32)cc1C. The zero-order valence-electron chi connectivity index (χ0n) is 22.8. The van der Waals surface area contributed by atoms with E-state index in [1.54, 1.807) is 0 Å². The van der Waals surface area contributed by atoms with Crippen LogP contribution in [0.15, 0.2) is 48.5 Å². The van der Waals surface area contributed by atoms with Gasteiger partial charge in [0.2, 0.25) is 5.91 Å². The lowest BCUT2D eigenvalue weighted by Gasteiger charge is -2.32. The van der Waals surface area contributed by atoms with Crippen LogP contribution in [-0.2, 0) is 17.6 Å². The van der Waals surface area contributed by atoms with E-state index in [9.17, 15) is 4.79 Å². The van der Waals surface area contributed by atoms with Crippen molar-refractivity contribution < 1.29 is 4.79 Å². The molecule has 0 saturated carbocycles. The van der Waals surface area contributed by atoms with Crippen molar-refractivity contribution in [3.8, 4) is 5.69 Å². The Kier molecular flexibility index (Phi) is 7.14. The van der Waals surface area contributed by atoms with Crippen LogP contribution in [-0.4, -0.2) is 38.7 Å². The molecule has 0 bridgehead atoms. The second-order valence-electron chi connectivity index (χ2n) is 10.8. The molecule has 1 saturated heterocycles. The third kappa shape index (κ3) is 5.18. The minimum atomic E-state index is 0.264. The third-order valence-electron chi connectivity index (χ3n) is 8.23. The number of amides is 1. The Bertz CT molecular complexity index is 1430. The number of aryl methyl sites for hydroxylation is 5. The summed E-state index contributed by atoms with van der Waals surface area (Å²) in [6, 6.07) is 17.1. The molecule has 1 fully saturated rings. The van der Waals surface area contributed by atoms with Gasteiger partial charge in [-0.05, 0) is 106 Å². The third-order valence-corrected chi connectivity index (χ3v) is 8.23. The van der Waals surface area contributed by atoms with Crippen LogP contribution in [0, 0.1) is 40.5 Å². The first-order valence-corrected chi connectivity index (χ1v) is 13.6. The molecule has 0 N–H and O–H groups in total. The lowest BCUT2D eigenvalue weighted by molar-refractivity contribution is -0.132. The van der Waals surface area contributed by atoms with Crippen molar-refractivity contribution in [2.75, 3.05) is 13.1 Å². The number of likely N-dealkylation sites (tertiary alicyclic amines) is 1. The molecule has 37 heavy (non-hydrogen) atoms. The fourth-order valence-corrected chi connectivity index (χ4v) is 5.84. The standard InChI is InChI=1S/C32H38N4O/c1-21-11-12-28(19-22(21)2)36-32-31(25(5)34-36)23(3)29(24(4)33-32)13-14-30(37)35-17-15-27(16-18-35)20-26-9-7-6-8-10-26/h6-12,19,27H,13-18,20H2,1-5H3. The molecule has 192 valence electrons. The monoisotopic (exact) mass is 494 g/mol. The van der Waals surface area contributed by atoms with Crippen molar-refractivity contribution in [2.45, 2.75) is 66.7 Å². The molecule has 4 aromatic rings. The Hall–Kier alpha value is -3.47. The Morgan fingerprint density at radius 2 is 1.65 bits per heavy atom. The van der Waals surface area contributed by atoms with Crippen LogP contribution >= 0.6 is 0 Å². The lowest BCUT2D eigenvalue weighted by Crippen LogP contribution is -2.39. The molecule has 1 aliphatic heterocycles. The van der Waals surface area contributed by atoms with Gasteiger partial charge in [0.1, 0.15) is 0 Å². The number of rotatable bonds is 6. The summed E-state index contributed by atoms with van der Waals surface area (Å²) in [7, 11) is 0. The summed E-state index contributed by atoms with van der Waals surface area (Å²) < 4.78 is 1.96. The highest BCUT2D eigenvalue weighted by atomic mass is 16.2. The van der Waals surface area contributed by atoms with Gasteiger partial charge in [0, 0.05) is 30.6 Å². The van der Waals surface area contributed by atoms with Crippen molar-refractivity contribution in [3.63, 3.8) is 0 Å². The van der Waals surface area contributed by atoms with Gasteiger partial charge in [-0.25, -0.2) is 9.67 Å². The summed E-state index contributed by atoms with van der Waals surface area (Å²) in [5, 5.41) is 5.96. The summed E-state index contributed by atoms with van der Waals surface area (Å²) in [6.07, 6.45) is 4.54. The zero-order valence-corrected chi connectivity index (χ0v) is 22.8. The van der Waals surface area contributed by atoms with Gasteiger partial charge < -0.3 is 4.90 Å². The first-order chi connectivity index (χ1) is 17.8. The Balaban J connectivity index is 1.27. The average Bonchev–Trinajstić information content (AvgIpc) is 3.22. The summed E-state index contributed by atoms with van der Waals surface area (Å²) in [4.78, 5) is 20.2. The van der Waals surface area contributed by atoms with Crippen LogP contribution in [0.3, 0.4) is 0 Å². The number of carbonyl (C=O) groups is 1. The molecular formula is C32H38N4O. The fourth-order valence-electron chi connectivity index (χ4n) is 5.84. The molecule has 1 aliphatic rings. The van der Waals surface area contributed by atoms with Crippen LogP contribution in [0.4, 0.5) is 0 Å². The fraction of sp³-hybridized carbons (Fsp3) is 0.406. The van der Waals surface area contributed by atoms with Gasteiger partial charge in [0.05, 0.1) is 11.4 Å². The van der Waals surface area contributed by atoms with Gasteiger partial charge in [0.15, 0.2) is 5.65 Å². The Morgan fingerprint density at radius 3 is 2.35 bits per heavy atom. The molecule has 0 atom stereocenters. The van der Waals surface area contributed by atoms with E-state index >= 15 is 0 Å². The molecule has 0 radical (unpaired) electrons. The van der Waals surface area contributed by atoms with E-state index in [1.807, 2.05) is 4.68 Å². The van der Waals surface area contributed by atoms with Crippen LogP contribution in [0.5, 0.6) is 0 Å². The van der Waals surface area contributed by atoms with E-state index in [1.165, 1.54) is 27.8 Å². The number of benzene rings is 2. The molecule has 5 nitrogen and oxygen atoms in total. The topological polar surface area (TPSA) is 51.0 Å². The second-order valence-corrected chi connectivity index (χ2v) is 10.8. The quantitative estimate of drug-likeness (QED) is 0.313. The molecule has 5 rings (SSSR count). The van der Waals surface area contributed by atoms with E-state index in [4.69, 9.17) is 10.1 Å². The summed E-state index contributed by atoms with van der Waals surface area (Å²) in [5.74, 6) is 0.930. The first kappa shape index (κ1) is 25.2. The summed E-state index contributed by atoms with van der Waals surface area (Å²) in [6.45, 7) is 12.3. The number of fused-ring (bicyclic) bond motifs is 1. The number of nitrogens with zero attached hydrogens (tertiary/aromatic N) is 4. The highest BCUT2D eigenvalue weighted by molar-refractivity contribution is 5.85. The molecule has 2 aromatic carbocycles. The van der Waals surface area contributed by atoms with Crippen LogP contribution in [0.25, 0.3) is 16.7 Å². The van der Waals surface area contributed by atoms with Crippen molar-refractivity contribution in [2.24, 2.45) is 5.92 Å². The van der Waals surface area contributed by atoms with Gasteiger partial charge >= 0.3 is 0 Å². The highest BCUT2D eigenvalue weighted by Crippen LogP contribution is 2.29. The minimum absolute atomic E-state index is 0.264. The Morgan fingerprint density at radius 1 is 0.919 bits per heavy atom. The number of hydrogen-bond acceptors (Lipinski definition) is 3. The lowest BCUT2D eigenvalue weighted by atomic mass is 9.90. The molecule has 1 amide bonds. The molecule has 5 heteroatoms. The van der Waals surface area contributed by atoms with E-state index in [2.05, 4.69) is 88.0 Å². The van der Waals surface area contributed by atoms with Gasteiger partial charge in [-0.2, -0.15) is 5.10 Å². The highest BCUT2D eigenvalue weighted by Gasteiger charge is 2.24. The molecule has 0 aliphatic carbocycles. The minimum Gasteiger partial charge on any atom is -0.343 e. The van der Waals surface area contributed by atoms with Gasteiger partial charge in [-0.3, -0.25) is 4.79 Å². The molecule has 0 unspecified atom stereocenters. The maximum absolute atomic E-state index is 13.1. The summed E-state index contributed by atoms with van der Waals surface area (Å²) in [5.41, 5.74) is 10.2. The van der Waals surface area contributed by atoms with E-state index < -0.39 is 0 Å². The van der Waals surface area contributed by atoms with Gasteiger partial charge in [-0.15, -0.1) is 0 Å². The maximum atomic E-state index is 13.1. The van der Waals surface area contributed by atoms with Crippen molar-refractivity contribution in [1.29, 1.82) is 0 Å². The van der Waals surface area contributed by atoms with Crippen molar-refractivity contribution >= 4 is 16.9 Å². The van der Waals surface area contributed by atoms with Gasteiger partial charge in [-0.1, -0.05) is 36.4 Å². The van der Waals surface area contributed by atoms with Gasteiger partial charge in [0.25, 0.3) is 0 Å². The molecule has 2 aromatic heterocycles. The smallest absolute Gasteiger partial charge is 0.222 e. The predicted octanol–water partition coefficient (Wildman–Crippen LogP) is 6.38. The average molecular weight is 495 g/mol. The normalized spacial score (nSPS) is 14.5.